The maximum absolute atomic E-state index is 8.82. The summed E-state index contributed by atoms with van der Waals surface area (Å²) in [4.78, 5) is 0. The number of hydrogen-bond donors (Lipinski definition) is 1. The molecule has 0 heterocycles. The van der Waals surface area contributed by atoms with Crippen LogP contribution >= 0.6 is 0 Å². The lowest BCUT2D eigenvalue weighted by atomic mass is 10.0. The SMILES string of the molecule is COC1(CCc2ccc(CCO)cc2)CC1. The molecule has 1 aliphatic rings. The Morgan fingerprint density at radius 3 is 2.12 bits per heavy atom. The quantitative estimate of drug-likeness (QED) is 0.797. The minimum absolute atomic E-state index is 0.198. The van der Waals surface area contributed by atoms with E-state index in [9.17, 15) is 0 Å². The van der Waals surface area contributed by atoms with Gasteiger partial charge >= 0.3 is 0 Å². The normalized spacial score (nSPS) is 17.4. The predicted octanol–water partition coefficient (Wildman–Crippen LogP) is 2.33. The third-order valence-corrected chi connectivity index (χ3v) is 3.53. The molecular weight excluding hydrogens is 200 g/mol. The standard InChI is InChI=1S/C14H20O2/c1-16-14(9-10-14)8-6-12-2-4-13(5-3-12)7-11-15/h2-5,15H,6-11H2,1H3. The molecule has 0 bridgehead atoms. The number of aliphatic hydroxyl groups is 1. The van der Waals surface area contributed by atoms with Crippen molar-refractivity contribution in [2.24, 2.45) is 0 Å². The van der Waals surface area contributed by atoms with E-state index < -0.39 is 0 Å². The molecule has 16 heavy (non-hydrogen) atoms. The second-order valence-electron chi connectivity index (χ2n) is 4.68. The molecule has 0 aliphatic heterocycles. The van der Waals surface area contributed by atoms with Gasteiger partial charge in [-0.3, -0.25) is 0 Å². The summed E-state index contributed by atoms with van der Waals surface area (Å²) in [5.74, 6) is 0. The summed E-state index contributed by atoms with van der Waals surface area (Å²) in [7, 11) is 1.82. The fourth-order valence-electron chi connectivity index (χ4n) is 2.07. The van der Waals surface area contributed by atoms with Crippen molar-refractivity contribution in [3.05, 3.63) is 35.4 Å². The van der Waals surface area contributed by atoms with E-state index in [1.807, 2.05) is 7.11 Å². The van der Waals surface area contributed by atoms with Gasteiger partial charge in [0.2, 0.25) is 0 Å². The molecule has 1 aliphatic carbocycles. The van der Waals surface area contributed by atoms with E-state index >= 15 is 0 Å². The van der Waals surface area contributed by atoms with E-state index in [1.165, 1.54) is 24.0 Å². The topological polar surface area (TPSA) is 29.5 Å². The van der Waals surface area contributed by atoms with Gasteiger partial charge in [0.15, 0.2) is 0 Å². The zero-order chi connectivity index (χ0) is 11.4. The largest absolute Gasteiger partial charge is 0.396 e. The maximum Gasteiger partial charge on any atom is 0.0684 e. The van der Waals surface area contributed by atoms with Crippen LogP contribution in [0.25, 0.3) is 0 Å². The lowest BCUT2D eigenvalue weighted by Crippen LogP contribution is -2.12. The summed E-state index contributed by atoms with van der Waals surface area (Å²) in [5, 5.41) is 8.82. The molecule has 1 N–H and O–H groups in total. The van der Waals surface area contributed by atoms with Gasteiger partial charge < -0.3 is 9.84 Å². The molecule has 2 nitrogen and oxygen atoms in total. The Hall–Kier alpha value is -0.860. The van der Waals surface area contributed by atoms with Crippen LogP contribution in [0.15, 0.2) is 24.3 Å². The first-order valence-corrected chi connectivity index (χ1v) is 6.02. The second kappa shape index (κ2) is 4.98. The van der Waals surface area contributed by atoms with Crippen LogP contribution in [-0.4, -0.2) is 24.4 Å². The summed E-state index contributed by atoms with van der Waals surface area (Å²) in [6.07, 6.45) is 5.40. The molecule has 0 saturated heterocycles. The van der Waals surface area contributed by atoms with Crippen molar-refractivity contribution in [3.8, 4) is 0 Å². The first-order chi connectivity index (χ1) is 7.78. The molecule has 0 atom stereocenters. The number of aliphatic hydroxyl groups excluding tert-OH is 1. The minimum atomic E-state index is 0.198. The van der Waals surface area contributed by atoms with Crippen LogP contribution in [0.2, 0.25) is 0 Å². The zero-order valence-electron chi connectivity index (χ0n) is 9.91. The van der Waals surface area contributed by atoms with Gasteiger partial charge in [-0.25, -0.2) is 0 Å². The number of ether oxygens (including phenoxy) is 1. The van der Waals surface area contributed by atoms with Gasteiger partial charge in [-0.15, -0.1) is 0 Å². The van der Waals surface area contributed by atoms with Crippen LogP contribution < -0.4 is 0 Å². The highest BCUT2D eigenvalue weighted by Crippen LogP contribution is 2.42. The molecule has 0 amide bonds. The van der Waals surface area contributed by atoms with E-state index in [0.717, 1.165) is 19.3 Å². The fraction of sp³-hybridized carbons (Fsp3) is 0.571. The van der Waals surface area contributed by atoms with E-state index in [2.05, 4.69) is 24.3 Å². The molecule has 1 aromatic carbocycles. The van der Waals surface area contributed by atoms with Gasteiger partial charge in [-0.1, -0.05) is 24.3 Å². The molecule has 0 radical (unpaired) electrons. The number of aryl methyl sites for hydroxylation is 1. The smallest absolute Gasteiger partial charge is 0.0684 e. The Morgan fingerprint density at radius 2 is 1.69 bits per heavy atom. The van der Waals surface area contributed by atoms with Crippen molar-refractivity contribution in [1.29, 1.82) is 0 Å². The van der Waals surface area contributed by atoms with E-state index in [4.69, 9.17) is 9.84 Å². The van der Waals surface area contributed by atoms with Crippen LogP contribution in [0.1, 0.15) is 30.4 Å². The third kappa shape index (κ3) is 2.83. The highest BCUT2D eigenvalue weighted by atomic mass is 16.5. The molecule has 1 saturated carbocycles. The molecule has 0 unspecified atom stereocenters. The third-order valence-electron chi connectivity index (χ3n) is 3.53. The van der Waals surface area contributed by atoms with Gasteiger partial charge in [0.25, 0.3) is 0 Å². The molecule has 2 heteroatoms. The molecule has 0 aromatic heterocycles. The van der Waals surface area contributed by atoms with Crippen molar-refractivity contribution in [1.82, 2.24) is 0 Å². The molecule has 0 spiro atoms. The van der Waals surface area contributed by atoms with Crippen molar-refractivity contribution in [2.45, 2.75) is 37.7 Å². The zero-order valence-corrected chi connectivity index (χ0v) is 9.91. The Bertz CT molecular complexity index is 325. The molecular formula is C14H20O2. The Labute approximate surface area is 97.3 Å². The number of methoxy groups -OCH3 is 1. The van der Waals surface area contributed by atoms with E-state index in [1.54, 1.807) is 0 Å². The lowest BCUT2D eigenvalue weighted by Gasteiger charge is -2.12. The second-order valence-corrected chi connectivity index (χ2v) is 4.68. The Kier molecular flexibility index (Phi) is 3.62. The number of benzene rings is 1. The summed E-state index contributed by atoms with van der Waals surface area (Å²) >= 11 is 0. The lowest BCUT2D eigenvalue weighted by molar-refractivity contribution is 0.0731. The summed E-state index contributed by atoms with van der Waals surface area (Å²) in [6, 6.07) is 8.54. The van der Waals surface area contributed by atoms with Crippen LogP contribution in [0.4, 0.5) is 0 Å². The van der Waals surface area contributed by atoms with Crippen molar-refractivity contribution in [2.75, 3.05) is 13.7 Å². The van der Waals surface area contributed by atoms with Gasteiger partial charge in [0.1, 0.15) is 0 Å². The molecule has 2 rings (SSSR count). The maximum atomic E-state index is 8.82. The molecule has 88 valence electrons. The van der Waals surface area contributed by atoms with Crippen LogP contribution in [0.3, 0.4) is 0 Å². The Balaban J connectivity index is 1.85. The van der Waals surface area contributed by atoms with E-state index in [0.29, 0.717) is 0 Å². The summed E-state index contributed by atoms with van der Waals surface area (Å²) in [5.41, 5.74) is 2.77. The van der Waals surface area contributed by atoms with Crippen LogP contribution in [0.5, 0.6) is 0 Å². The summed E-state index contributed by atoms with van der Waals surface area (Å²) < 4.78 is 5.50. The molecule has 1 fully saturated rings. The van der Waals surface area contributed by atoms with Crippen molar-refractivity contribution in [3.63, 3.8) is 0 Å². The highest BCUT2D eigenvalue weighted by molar-refractivity contribution is 5.23. The van der Waals surface area contributed by atoms with Gasteiger partial charge in [-0.2, -0.15) is 0 Å². The monoisotopic (exact) mass is 220 g/mol. The average molecular weight is 220 g/mol. The summed E-state index contributed by atoms with van der Waals surface area (Å²) in [6.45, 7) is 0.228. The average Bonchev–Trinajstić information content (AvgIpc) is 3.09. The highest BCUT2D eigenvalue weighted by Gasteiger charge is 2.42. The first kappa shape index (κ1) is 11.6. The molecule has 1 aromatic rings. The minimum Gasteiger partial charge on any atom is -0.396 e. The van der Waals surface area contributed by atoms with Gasteiger partial charge in [0, 0.05) is 13.7 Å². The van der Waals surface area contributed by atoms with Crippen molar-refractivity contribution < 1.29 is 9.84 Å². The van der Waals surface area contributed by atoms with Crippen LogP contribution in [-0.2, 0) is 17.6 Å². The number of hydrogen-bond acceptors (Lipinski definition) is 2. The first-order valence-electron chi connectivity index (χ1n) is 6.02. The van der Waals surface area contributed by atoms with Crippen molar-refractivity contribution >= 4 is 0 Å². The van der Waals surface area contributed by atoms with Gasteiger partial charge in [0.05, 0.1) is 5.60 Å². The van der Waals surface area contributed by atoms with Gasteiger partial charge in [-0.05, 0) is 43.2 Å². The Morgan fingerprint density at radius 1 is 1.12 bits per heavy atom. The predicted molar refractivity (Wildman–Crippen MR) is 64.5 cm³/mol. The fourth-order valence-corrected chi connectivity index (χ4v) is 2.07. The van der Waals surface area contributed by atoms with Crippen LogP contribution in [0, 0.1) is 0 Å². The van der Waals surface area contributed by atoms with E-state index in [-0.39, 0.29) is 12.2 Å². The number of rotatable bonds is 6.